The molecule has 0 spiro atoms. The zero-order valence-electron chi connectivity index (χ0n) is 9.56. The van der Waals surface area contributed by atoms with E-state index in [0.29, 0.717) is 5.92 Å². The Labute approximate surface area is 93.3 Å². The van der Waals surface area contributed by atoms with E-state index >= 15 is 0 Å². The highest BCUT2D eigenvalue weighted by atomic mass is 16.2. The van der Waals surface area contributed by atoms with Gasteiger partial charge in [0.1, 0.15) is 0 Å². The Bertz CT molecular complexity index is 440. The van der Waals surface area contributed by atoms with E-state index in [4.69, 9.17) is 0 Å². The number of amides is 1. The molecular weight excluding hydrogens is 208 g/mol. The summed E-state index contributed by atoms with van der Waals surface area (Å²) in [5.74, 6) is 0.637. The number of hydrogen-bond acceptors (Lipinski definition) is 3. The molecule has 0 saturated carbocycles. The standard InChI is InChI=1S/C10H16N4O2/c1-7-3-5-14(6-4-7)9(15)8-11-10(16)13(2)12-8/h7H,3-6H2,1-2H3,(H,11,12,16). The Morgan fingerprint density at radius 3 is 2.56 bits per heavy atom. The maximum absolute atomic E-state index is 12.0. The highest BCUT2D eigenvalue weighted by molar-refractivity contribution is 5.90. The second-order valence-corrected chi connectivity index (χ2v) is 4.38. The average molecular weight is 224 g/mol. The molecule has 88 valence electrons. The molecule has 0 bridgehead atoms. The van der Waals surface area contributed by atoms with Gasteiger partial charge in [-0.05, 0) is 18.8 Å². The number of aromatic amines is 1. The number of carbonyl (C=O) groups is 1. The van der Waals surface area contributed by atoms with E-state index in [1.165, 1.54) is 7.05 Å². The van der Waals surface area contributed by atoms with E-state index in [-0.39, 0.29) is 17.4 Å². The first kappa shape index (κ1) is 10.9. The van der Waals surface area contributed by atoms with Crippen LogP contribution in [0.1, 0.15) is 30.4 Å². The number of nitrogens with zero attached hydrogens (tertiary/aromatic N) is 3. The van der Waals surface area contributed by atoms with E-state index in [2.05, 4.69) is 17.0 Å². The van der Waals surface area contributed by atoms with Gasteiger partial charge in [-0.1, -0.05) is 6.92 Å². The number of rotatable bonds is 1. The van der Waals surface area contributed by atoms with Gasteiger partial charge in [-0.2, -0.15) is 0 Å². The molecule has 16 heavy (non-hydrogen) atoms. The van der Waals surface area contributed by atoms with Gasteiger partial charge in [0.2, 0.25) is 5.82 Å². The SMILES string of the molecule is CC1CCN(C(=O)c2nn(C)c(=O)[nH]2)CC1. The Kier molecular flexibility index (Phi) is 2.80. The highest BCUT2D eigenvalue weighted by Gasteiger charge is 2.23. The second-order valence-electron chi connectivity index (χ2n) is 4.38. The van der Waals surface area contributed by atoms with Crippen LogP contribution in [0.4, 0.5) is 0 Å². The third-order valence-corrected chi connectivity index (χ3v) is 3.04. The summed E-state index contributed by atoms with van der Waals surface area (Å²) < 4.78 is 1.14. The van der Waals surface area contributed by atoms with Gasteiger partial charge in [0.05, 0.1) is 0 Å². The molecule has 0 aromatic carbocycles. The fourth-order valence-corrected chi connectivity index (χ4v) is 1.86. The molecule has 2 heterocycles. The number of nitrogens with one attached hydrogen (secondary N) is 1. The summed E-state index contributed by atoms with van der Waals surface area (Å²) in [5, 5.41) is 3.86. The average Bonchev–Trinajstić information content (AvgIpc) is 2.59. The lowest BCUT2D eigenvalue weighted by Crippen LogP contribution is -2.38. The molecule has 1 aromatic heterocycles. The Morgan fingerprint density at radius 2 is 2.06 bits per heavy atom. The molecular formula is C10H16N4O2. The van der Waals surface area contributed by atoms with Gasteiger partial charge >= 0.3 is 5.69 Å². The van der Waals surface area contributed by atoms with Crippen molar-refractivity contribution in [2.45, 2.75) is 19.8 Å². The summed E-state index contributed by atoms with van der Waals surface area (Å²) in [6.07, 6.45) is 2.03. The summed E-state index contributed by atoms with van der Waals surface area (Å²) in [7, 11) is 1.52. The first-order valence-corrected chi connectivity index (χ1v) is 5.50. The first-order chi connectivity index (χ1) is 7.58. The summed E-state index contributed by atoms with van der Waals surface area (Å²) >= 11 is 0. The van der Waals surface area contributed by atoms with Crippen LogP contribution in [0, 0.1) is 5.92 Å². The zero-order chi connectivity index (χ0) is 11.7. The Hall–Kier alpha value is -1.59. The van der Waals surface area contributed by atoms with E-state index < -0.39 is 0 Å². The van der Waals surface area contributed by atoms with Gasteiger partial charge in [-0.15, -0.1) is 5.10 Å². The fourth-order valence-electron chi connectivity index (χ4n) is 1.86. The lowest BCUT2D eigenvalue weighted by Gasteiger charge is -2.29. The Morgan fingerprint density at radius 1 is 1.44 bits per heavy atom. The van der Waals surface area contributed by atoms with Gasteiger partial charge in [0, 0.05) is 20.1 Å². The molecule has 0 aliphatic carbocycles. The van der Waals surface area contributed by atoms with Gasteiger partial charge in [-0.3, -0.25) is 9.78 Å². The van der Waals surface area contributed by atoms with Crippen molar-refractivity contribution < 1.29 is 4.79 Å². The van der Waals surface area contributed by atoms with Crippen LogP contribution in [0.25, 0.3) is 0 Å². The maximum atomic E-state index is 12.0. The van der Waals surface area contributed by atoms with Crippen molar-refractivity contribution in [3.8, 4) is 0 Å². The summed E-state index contributed by atoms with van der Waals surface area (Å²) in [6.45, 7) is 3.68. The predicted octanol–water partition coefficient (Wildman–Crippen LogP) is -0.0195. The molecule has 1 N–H and O–H groups in total. The lowest BCUT2D eigenvalue weighted by molar-refractivity contribution is 0.0684. The largest absolute Gasteiger partial charge is 0.343 e. The van der Waals surface area contributed by atoms with Gasteiger partial charge in [0.15, 0.2) is 0 Å². The van der Waals surface area contributed by atoms with Crippen molar-refractivity contribution >= 4 is 5.91 Å². The topological polar surface area (TPSA) is 71.0 Å². The smallest absolute Gasteiger partial charge is 0.336 e. The molecule has 0 unspecified atom stereocenters. The number of hydrogen-bond donors (Lipinski definition) is 1. The van der Waals surface area contributed by atoms with Crippen LogP contribution >= 0.6 is 0 Å². The molecule has 2 rings (SSSR count). The summed E-state index contributed by atoms with van der Waals surface area (Å²) in [6, 6.07) is 0. The Balaban J connectivity index is 2.10. The van der Waals surface area contributed by atoms with E-state index in [9.17, 15) is 9.59 Å². The van der Waals surface area contributed by atoms with Crippen molar-refractivity contribution in [2.24, 2.45) is 13.0 Å². The molecule has 1 saturated heterocycles. The third-order valence-electron chi connectivity index (χ3n) is 3.04. The number of carbonyl (C=O) groups excluding carboxylic acids is 1. The molecule has 6 nitrogen and oxygen atoms in total. The van der Waals surface area contributed by atoms with Crippen LogP contribution < -0.4 is 5.69 Å². The van der Waals surface area contributed by atoms with E-state index in [0.717, 1.165) is 30.6 Å². The van der Waals surface area contributed by atoms with Crippen LogP contribution in [-0.4, -0.2) is 38.7 Å². The van der Waals surface area contributed by atoms with Gasteiger partial charge in [-0.25, -0.2) is 9.48 Å². The highest BCUT2D eigenvalue weighted by Crippen LogP contribution is 2.16. The zero-order valence-corrected chi connectivity index (χ0v) is 9.56. The molecule has 1 aliphatic heterocycles. The van der Waals surface area contributed by atoms with Gasteiger partial charge < -0.3 is 4.90 Å². The quantitative estimate of drug-likeness (QED) is 0.728. The molecule has 0 radical (unpaired) electrons. The normalized spacial score (nSPS) is 17.8. The van der Waals surface area contributed by atoms with Crippen LogP contribution in [0.5, 0.6) is 0 Å². The number of likely N-dealkylation sites (tertiary alicyclic amines) is 1. The van der Waals surface area contributed by atoms with Crippen LogP contribution in [-0.2, 0) is 7.05 Å². The maximum Gasteiger partial charge on any atom is 0.343 e. The molecule has 1 aliphatic rings. The first-order valence-electron chi connectivity index (χ1n) is 5.50. The van der Waals surface area contributed by atoms with Crippen molar-refractivity contribution in [3.63, 3.8) is 0 Å². The van der Waals surface area contributed by atoms with Crippen LogP contribution in [0.2, 0.25) is 0 Å². The van der Waals surface area contributed by atoms with Gasteiger partial charge in [0.25, 0.3) is 5.91 Å². The lowest BCUT2D eigenvalue weighted by atomic mass is 9.99. The minimum atomic E-state index is -0.353. The molecule has 6 heteroatoms. The summed E-state index contributed by atoms with van der Waals surface area (Å²) in [4.78, 5) is 27.3. The molecule has 1 amide bonds. The van der Waals surface area contributed by atoms with E-state index in [1.54, 1.807) is 4.90 Å². The van der Waals surface area contributed by atoms with Crippen molar-refractivity contribution in [3.05, 3.63) is 16.3 Å². The number of aryl methyl sites for hydroxylation is 1. The molecule has 1 fully saturated rings. The number of aromatic nitrogens is 3. The molecule has 1 aromatic rings. The molecule has 0 atom stereocenters. The summed E-state index contributed by atoms with van der Waals surface area (Å²) in [5.41, 5.74) is -0.353. The monoisotopic (exact) mass is 224 g/mol. The predicted molar refractivity (Wildman–Crippen MR) is 58.1 cm³/mol. The van der Waals surface area contributed by atoms with Crippen LogP contribution in [0.15, 0.2) is 4.79 Å². The minimum Gasteiger partial charge on any atom is -0.336 e. The van der Waals surface area contributed by atoms with E-state index in [1.807, 2.05) is 0 Å². The number of piperidine rings is 1. The van der Waals surface area contributed by atoms with Crippen molar-refractivity contribution in [2.75, 3.05) is 13.1 Å². The fraction of sp³-hybridized carbons (Fsp3) is 0.700. The van der Waals surface area contributed by atoms with Crippen molar-refractivity contribution in [1.29, 1.82) is 0 Å². The number of H-pyrrole nitrogens is 1. The minimum absolute atomic E-state index is 0.141. The third kappa shape index (κ3) is 2.00. The second kappa shape index (κ2) is 4.11. The van der Waals surface area contributed by atoms with Crippen molar-refractivity contribution in [1.82, 2.24) is 19.7 Å². The van der Waals surface area contributed by atoms with Crippen LogP contribution in [0.3, 0.4) is 0 Å².